The zero-order valence-electron chi connectivity index (χ0n) is 17.9. The number of carbonyl (C=O) groups excluding carboxylic acids is 1. The second-order valence-electron chi connectivity index (χ2n) is 8.17. The van der Waals surface area contributed by atoms with Crippen molar-refractivity contribution < 1.29 is 22.7 Å². The molecule has 2 aliphatic rings. The smallest absolute Gasteiger partial charge is 0.410 e. The Hall–Kier alpha value is -2.33. The predicted molar refractivity (Wildman–Crippen MR) is 119 cm³/mol. The maximum absolute atomic E-state index is 12.0. The summed E-state index contributed by atoms with van der Waals surface area (Å²) in [4.78, 5) is 20.8. The number of fused-ring (bicyclic) bond motifs is 1. The van der Waals surface area contributed by atoms with Crippen LogP contribution in [0.15, 0.2) is 28.5 Å². The van der Waals surface area contributed by atoms with Gasteiger partial charge >= 0.3 is 6.09 Å². The summed E-state index contributed by atoms with van der Waals surface area (Å²) in [5, 5.41) is 2.57. The van der Waals surface area contributed by atoms with E-state index in [0.29, 0.717) is 23.2 Å². The van der Waals surface area contributed by atoms with E-state index < -0.39 is 9.84 Å². The molecule has 168 valence electrons. The minimum Gasteiger partial charge on any atom is -0.467 e. The summed E-state index contributed by atoms with van der Waals surface area (Å²) < 4.78 is 35.0. The second-order valence-corrected chi connectivity index (χ2v) is 11.0. The Morgan fingerprint density at radius 2 is 1.97 bits per heavy atom. The molecule has 1 amide bonds. The van der Waals surface area contributed by atoms with Crippen molar-refractivity contribution in [3.8, 4) is 5.19 Å². The second kappa shape index (κ2) is 8.66. The summed E-state index contributed by atoms with van der Waals surface area (Å²) in [5.41, 5.74) is 2.00. The van der Waals surface area contributed by atoms with Crippen LogP contribution >= 0.6 is 11.3 Å². The summed E-state index contributed by atoms with van der Waals surface area (Å²) >= 11 is 1.45. The summed E-state index contributed by atoms with van der Waals surface area (Å²) in [6.07, 6.45) is 3.11. The van der Waals surface area contributed by atoms with Crippen molar-refractivity contribution in [1.82, 2.24) is 9.88 Å². The van der Waals surface area contributed by atoms with Crippen LogP contribution in [0, 0.1) is 0 Å². The molecule has 8 nitrogen and oxygen atoms in total. The molecule has 1 aromatic heterocycles. The maximum Gasteiger partial charge on any atom is 0.410 e. The number of thiazole rings is 1. The van der Waals surface area contributed by atoms with Crippen molar-refractivity contribution in [1.29, 1.82) is 0 Å². The number of aromatic nitrogens is 1. The fourth-order valence-electron chi connectivity index (χ4n) is 3.85. The molecule has 2 aliphatic heterocycles. The molecule has 0 saturated carbocycles. The van der Waals surface area contributed by atoms with Crippen LogP contribution in [-0.4, -0.2) is 62.5 Å². The van der Waals surface area contributed by atoms with E-state index in [0.717, 1.165) is 42.9 Å². The Bertz CT molecular complexity index is 1060. The van der Waals surface area contributed by atoms with Gasteiger partial charge in [0.1, 0.15) is 11.9 Å². The summed E-state index contributed by atoms with van der Waals surface area (Å²) in [5.74, 6) is 0.809. The van der Waals surface area contributed by atoms with Gasteiger partial charge in [0.15, 0.2) is 9.84 Å². The molecule has 0 spiro atoms. The van der Waals surface area contributed by atoms with Gasteiger partial charge in [0.2, 0.25) is 0 Å². The monoisotopic (exact) mass is 465 g/mol. The van der Waals surface area contributed by atoms with Gasteiger partial charge in [-0.1, -0.05) is 11.3 Å². The van der Waals surface area contributed by atoms with E-state index in [9.17, 15) is 13.2 Å². The van der Waals surface area contributed by atoms with E-state index in [-0.39, 0.29) is 18.3 Å². The number of piperidine rings is 1. The van der Waals surface area contributed by atoms with Gasteiger partial charge < -0.3 is 19.3 Å². The Morgan fingerprint density at radius 3 is 2.65 bits per heavy atom. The lowest BCUT2D eigenvalue weighted by Crippen LogP contribution is -2.42. The molecule has 31 heavy (non-hydrogen) atoms. The summed E-state index contributed by atoms with van der Waals surface area (Å²) in [6, 6.07) is 5.26. The minimum atomic E-state index is -3.22. The standard InChI is InChI=1S/C21H27N3O5S2/c1-14(2)28-21(25)23-9-7-16(8-10-23)29-20-22-19(13-30-20)24-11-6-15-12-17(31(3,26)27)4-5-18(15)24/h4-5,12-14,16H,6-11H2,1-3H3. The Kier molecular flexibility index (Phi) is 6.11. The largest absolute Gasteiger partial charge is 0.467 e. The Labute approximate surface area is 186 Å². The lowest BCUT2D eigenvalue weighted by molar-refractivity contribution is 0.0517. The van der Waals surface area contributed by atoms with Crippen LogP contribution in [0.1, 0.15) is 32.3 Å². The van der Waals surface area contributed by atoms with Gasteiger partial charge in [-0.25, -0.2) is 13.2 Å². The van der Waals surface area contributed by atoms with Crippen molar-refractivity contribution in [3.05, 3.63) is 29.1 Å². The zero-order valence-corrected chi connectivity index (χ0v) is 19.5. The molecule has 1 aromatic carbocycles. The molecule has 0 aliphatic carbocycles. The number of nitrogens with zero attached hydrogens (tertiary/aromatic N) is 3. The topological polar surface area (TPSA) is 89.0 Å². The fraction of sp³-hybridized carbons (Fsp3) is 0.524. The first-order valence-corrected chi connectivity index (χ1v) is 13.2. The van der Waals surface area contributed by atoms with Gasteiger partial charge in [-0.2, -0.15) is 4.98 Å². The lowest BCUT2D eigenvalue weighted by atomic mass is 10.1. The molecule has 10 heteroatoms. The lowest BCUT2D eigenvalue weighted by Gasteiger charge is -2.31. The average molecular weight is 466 g/mol. The van der Waals surface area contributed by atoms with E-state index in [2.05, 4.69) is 9.88 Å². The molecule has 0 N–H and O–H groups in total. The number of sulfone groups is 1. The van der Waals surface area contributed by atoms with E-state index in [1.807, 2.05) is 25.3 Å². The zero-order chi connectivity index (χ0) is 22.2. The number of rotatable bonds is 5. The highest BCUT2D eigenvalue weighted by atomic mass is 32.2. The average Bonchev–Trinajstić information content (AvgIpc) is 3.33. The van der Waals surface area contributed by atoms with Crippen molar-refractivity contribution in [3.63, 3.8) is 0 Å². The van der Waals surface area contributed by atoms with Crippen molar-refractivity contribution in [2.75, 3.05) is 30.8 Å². The van der Waals surface area contributed by atoms with Gasteiger partial charge in [-0.05, 0) is 44.0 Å². The van der Waals surface area contributed by atoms with Crippen molar-refractivity contribution >= 4 is 38.8 Å². The number of carbonyl (C=O) groups is 1. The minimum absolute atomic E-state index is 0.0188. The molecule has 0 radical (unpaired) electrons. The highest BCUT2D eigenvalue weighted by Crippen LogP contribution is 2.38. The van der Waals surface area contributed by atoms with Crippen LogP contribution in [0.2, 0.25) is 0 Å². The third-order valence-electron chi connectivity index (χ3n) is 5.43. The number of anilines is 2. The SMILES string of the molecule is CC(C)OC(=O)N1CCC(Oc2nc(N3CCc4cc(S(C)(=O)=O)ccc43)cs2)CC1. The third-order valence-corrected chi connectivity index (χ3v) is 7.25. The highest BCUT2D eigenvalue weighted by Gasteiger charge is 2.27. The van der Waals surface area contributed by atoms with Gasteiger partial charge in [0.25, 0.3) is 5.19 Å². The molecule has 1 fully saturated rings. The quantitative estimate of drug-likeness (QED) is 0.666. The number of hydrogen-bond acceptors (Lipinski definition) is 8. The summed E-state index contributed by atoms with van der Waals surface area (Å²) in [6.45, 7) is 5.66. The molecule has 3 heterocycles. The molecular weight excluding hydrogens is 438 g/mol. The number of benzene rings is 1. The van der Waals surface area contributed by atoms with Gasteiger partial charge in [-0.15, -0.1) is 0 Å². The van der Waals surface area contributed by atoms with E-state index in [4.69, 9.17) is 9.47 Å². The van der Waals surface area contributed by atoms with E-state index in [1.54, 1.807) is 17.0 Å². The molecular formula is C21H27N3O5S2. The molecule has 0 unspecified atom stereocenters. The summed E-state index contributed by atoms with van der Waals surface area (Å²) in [7, 11) is -3.22. The van der Waals surface area contributed by atoms with E-state index in [1.165, 1.54) is 17.6 Å². The highest BCUT2D eigenvalue weighted by molar-refractivity contribution is 7.90. The number of hydrogen-bond donors (Lipinski definition) is 0. The molecule has 4 rings (SSSR count). The fourth-order valence-corrected chi connectivity index (χ4v) is 5.24. The van der Waals surface area contributed by atoms with Crippen molar-refractivity contribution in [2.24, 2.45) is 0 Å². The molecule has 0 atom stereocenters. The first kappa shape index (κ1) is 21.9. The third kappa shape index (κ3) is 4.95. The first-order chi connectivity index (χ1) is 14.7. The van der Waals surface area contributed by atoms with Crippen LogP contribution < -0.4 is 9.64 Å². The Balaban J connectivity index is 1.37. The van der Waals surface area contributed by atoms with E-state index >= 15 is 0 Å². The normalized spacial score (nSPS) is 17.2. The van der Waals surface area contributed by atoms with Crippen LogP contribution in [0.5, 0.6) is 5.19 Å². The first-order valence-electron chi connectivity index (χ1n) is 10.4. The number of ether oxygens (including phenoxy) is 2. The van der Waals surface area contributed by atoms with Gasteiger partial charge in [-0.3, -0.25) is 0 Å². The van der Waals surface area contributed by atoms with Crippen LogP contribution in [-0.2, 0) is 21.0 Å². The molecule has 2 aromatic rings. The van der Waals surface area contributed by atoms with Crippen molar-refractivity contribution in [2.45, 2.75) is 50.2 Å². The van der Waals surface area contributed by atoms with Gasteiger partial charge in [0, 0.05) is 49.8 Å². The predicted octanol–water partition coefficient (Wildman–Crippen LogP) is 3.63. The van der Waals surface area contributed by atoms with Crippen LogP contribution in [0.25, 0.3) is 0 Å². The molecule has 0 bridgehead atoms. The van der Waals surface area contributed by atoms with Crippen LogP contribution in [0.3, 0.4) is 0 Å². The number of amides is 1. The van der Waals surface area contributed by atoms with Gasteiger partial charge in [0.05, 0.1) is 11.0 Å². The Morgan fingerprint density at radius 1 is 1.23 bits per heavy atom. The number of likely N-dealkylation sites (tertiary alicyclic amines) is 1. The maximum atomic E-state index is 12.0. The molecule has 1 saturated heterocycles. The van der Waals surface area contributed by atoms with Crippen LogP contribution in [0.4, 0.5) is 16.3 Å².